The number of anilines is 2. The summed E-state index contributed by atoms with van der Waals surface area (Å²) in [6, 6.07) is 12.9. The number of hydrogen-bond donors (Lipinski definition) is 5. The first kappa shape index (κ1) is 38.6. The Kier molecular flexibility index (Phi) is 12.4. The van der Waals surface area contributed by atoms with Crippen molar-refractivity contribution in [3.8, 4) is 17.2 Å². The van der Waals surface area contributed by atoms with E-state index in [4.69, 9.17) is 30.3 Å². The highest BCUT2D eigenvalue weighted by Crippen LogP contribution is 2.41. The average Bonchev–Trinajstić information content (AvgIpc) is 3.07. The van der Waals surface area contributed by atoms with Crippen LogP contribution in [-0.2, 0) is 15.8 Å². The monoisotopic (exact) mass is 748 g/mol. The molecule has 51 heavy (non-hydrogen) atoms. The van der Waals surface area contributed by atoms with Gasteiger partial charge in [0, 0.05) is 41.2 Å². The number of quaternary nitrogens is 1. The topological polar surface area (TPSA) is 165 Å². The summed E-state index contributed by atoms with van der Waals surface area (Å²) in [5, 5.41) is 17.9. The highest BCUT2D eigenvalue weighted by atomic mass is 35.5. The molecule has 1 aliphatic heterocycles. The average molecular weight is 749 g/mol. The molecule has 2 heterocycles. The Hall–Kier alpha value is -3.59. The smallest absolute Gasteiger partial charge is 0.493 e. The van der Waals surface area contributed by atoms with Crippen LogP contribution in [0.2, 0.25) is 5.02 Å². The molecular formula is C35H45ClFN5O8P+. The minimum absolute atomic E-state index is 0.0183. The normalized spacial score (nSPS) is 15.4. The van der Waals surface area contributed by atoms with Crippen LogP contribution in [0.1, 0.15) is 44.4 Å². The van der Waals surface area contributed by atoms with E-state index in [9.17, 15) is 23.8 Å². The van der Waals surface area contributed by atoms with Gasteiger partial charge in [-0.15, -0.1) is 0 Å². The van der Waals surface area contributed by atoms with Crippen LogP contribution in [0.5, 0.6) is 17.2 Å². The second-order valence-electron chi connectivity index (χ2n) is 13.6. The summed E-state index contributed by atoms with van der Waals surface area (Å²) < 4.78 is 49.0. The number of methoxy groups -OCH3 is 1. The molecule has 0 radical (unpaired) electrons. The van der Waals surface area contributed by atoms with E-state index < -0.39 is 19.7 Å². The van der Waals surface area contributed by atoms with E-state index in [0.717, 1.165) is 0 Å². The summed E-state index contributed by atoms with van der Waals surface area (Å²) in [6.45, 7) is 10.0. The van der Waals surface area contributed by atoms with Gasteiger partial charge in [0.2, 0.25) is 0 Å². The minimum Gasteiger partial charge on any atom is -0.493 e. The molecule has 4 aromatic rings. The van der Waals surface area contributed by atoms with Crippen molar-refractivity contribution in [1.29, 1.82) is 0 Å². The number of phosphoric ester groups is 1. The van der Waals surface area contributed by atoms with Crippen LogP contribution in [-0.4, -0.2) is 88.0 Å². The van der Waals surface area contributed by atoms with Gasteiger partial charge in [-0.1, -0.05) is 17.7 Å². The number of fused-ring (bicyclic) bond motifs is 1. The van der Waals surface area contributed by atoms with Gasteiger partial charge in [-0.25, -0.2) is 18.9 Å². The van der Waals surface area contributed by atoms with Crippen LogP contribution in [0.15, 0.2) is 54.9 Å². The van der Waals surface area contributed by atoms with Crippen molar-refractivity contribution in [3.63, 3.8) is 0 Å². The van der Waals surface area contributed by atoms with E-state index in [2.05, 4.69) is 20.6 Å². The number of ether oxygens (including phenoxy) is 3. The number of hydrogen-bond acceptors (Lipinski definition) is 10. The molecule has 0 bridgehead atoms. The lowest BCUT2D eigenvalue weighted by Crippen LogP contribution is -2.55. The van der Waals surface area contributed by atoms with E-state index in [1.807, 2.05) is 20.8 Å². The maximum absolute atomic E-state index is 13.7. The Morgan fingerprint density at radius 2 is 1.82 bits per heavy atom. The molecule has 3 aromatic carbocycles. The summed E-state index contributed by atoms with van der Waals surface area (Å²) in [5.74, 6) is 0.966. The lowest BCUT2D eigenvalue weighted by atomic mass is 10.0. The lowest BCUT2D eigenvalue weighted by molar-refractivity contribution is -0.947. The highest BCUT2D eigenvalue weighted by molar-refractivity contribution is 7.46. The van der Waals surface area contributed by atoms with Crippen molar-refractivity contribution in [2.75, 3.05) is 58.4 Å². The predicted octanol–water partition coefficient (Wildman–Crippen LogP) is 5.88. The molecule has 5 N–H and O–H groups in total. The molecule has 0 amide bonds. The van der Waals surface area contributed by atoms with E-state index in [1.54, 1.807) is 37.4 Å². The van der Waals surface area contributed by atoms with Gasteiger partial charge in [0.1, 0.15) is 43.3 Å². The van der Waals surface area contributed by atoms with Gasteiger partial charge in [0.15, 0.2) is 11.5 Å². The summed E-state index contributed by atoms with van der Waals surface area (Å²) in [5.41, 5.74) is 2.03. The van der Waals surface area contributed by atoms with Gasteiger partial charge in [-0.3, -0.25) is 9.79 Å². The minimum atomic E-state index is -4.89. The Balaban J connectivity index is 1.32. The number of nitrogens with zero attached hydrogens (tertiary/aromatic N) is 3. The summed E-state index contributed by atoms with van der Waals surface area (Å²) in [4.78, 5) is 28.2. The summed E-state index contributed by atoms with van der Waals surface area (Å²) >= 11 is 5.98. The number of morpholine rings is 1. The lowest BCUT2D eigenvalue weighted by Gasteiger charge is -2.41. The number of phosphoric acid groups is 1. The number of nitrogens with one attached hydrogen (secondary N) is 2. The van der Waals surface area contributed by atoms with Crippen molar-refractivity contribution < 1.29 is 47.1 Å². The quantitative estimate of drug-likeness (QED) is 0.0558. The molecule has 0 spiro atoms. The fourth-order valence-corrected chi connectivity index (χ4v) is 6.53. The van der Waals surface area contributed by atoms with Crippen molar-refractivity contribution in [2.24, 2.45) is 0 Å². The molecular weight excluding hydrogens is 704 g/mol. The molecule has 5 rings (SSSR count). The second-order valence-corrected chi connectivity index (χ2v) is 15.1. The van der Waals surface area contributed by atoms with Crippen LogP contribution < -0.4 is 24.6 Å². The number of benzene rings is 3. The molecule has 0 aliphatic carbocycles. The highest BCUT2D eigenvalue weighted by Gasteiger charge is 2.33. The second kappa shape index (κ2) is 16.4. The van der Waals surface area contributed by atoms with Crippen molar-refractivity contribution in [1.82, 2.24) is 15.3 Å². The first-order chi connectivity index (χ1) is 24.1. The Labute approximate surface area is 301 Å². The SMILES string of the molecule is COc1cc2ncnc(Nc3ccc(F)c(Cl)c3)c2cc1OCCC[N+]1(Cc2ccc(C(O)CNC(C)(C)C)cc2OP(=O)(O)O)CCOCC1. The molecule has 1 saturated heterocycles. The molecule has 276 valence electrons. The molecule has 0 saturated carbocycles. The van der Waals surface area contributed by atoms with Crippen LogP contribution in [0.4, 0.5) is 15.9 Å². The molecule has 1 aliphatic rings. The largest absolute Gasteiger partial charge is 0.524 e. The third kappa shape index (κ3) is 10.7. The van der Waals surface area contributed by atoms with Gasteiger partial charge in [-0.2, -0.15) is 0 Å². The molecule has 16 heteroatoms. The van der Waals surface area contributed by atoms with E-state index in [1.165, 1.54) is 24.5 Å². The van der Waals surface area contributed by atoms with Gasteiger partial charge >= 0.3 is 7.82 Å². The van der Waals surface area contributed by atoms with Crippen LogP contribution in [0, 0.1) is 5.82 Å². The van der Waals surface area contributed by atoms with Crippen LogP contribution in [0.3, 0.4) is 0 Å². The first-order valence-corrected chi connectivity index (χ1v) is 18.5. The fraction of sp³-hybridized carbons (Fsp3) is 0.429. The number of β-amino-alcohol motifs (C(OH)–C–C–N with tert-alkyl or cyclic N) is 1. The third-order valence-electron chi connectivity index (χ3n) is 8.58. The number of rotatable bonds is 15. The molecule has 1 unspecified atom stereocenters. The third-order valence-corrected chi connectivity index (χ3v) is 9.31. The standard InChI is InChI=1S/C35H44ClFN5O8P/c1-35(2,3)40-20-30(43)23-6-7-24(31(16-23)50-51(44,45)46)21-42(11-14-48-15-12-42)10-5-13-49-33-18-26-29(19-32(33)47-4)38-22-39-34(26)41-25-8-9-28(37)27(36)17-25/h6-9,16-19,22,30,40,43H,5,10-15,20-21H2,1-4H3,(H2-,38,39,41,44,45,46)/p+1. The Morgan fingerprint density at radius 1 is 1.06 bits per heavy atom. The molecule has 13 nitrogen and oxygen atoms in total. The Morgan fingerprint density at radius 3 is 2.51 bits per heavy atom. The van der Waals surface area contributed by atoms with Crippen molar-refractivity contribution >= 4 is 41.8 Å². The van der Waals surface area contributed by atoms with E-state index >= 15 is 0 Å². The number of halogens is 2. The Bertz CT molecular complexity index is 1870. The van der Waals surface area contributed by atoms with Crippen molar-refractivity contribution in [2.45, 2.75) is 45.4 Å². The van der Waals surface area contributed by atoms with Crippen LogP contribution >= 0.6 is 19.4 Å². The molecule has 1 atom stereocenters. The zero-order chi connectivity index (χ0) is 36.8. The van der Waals surface area contributed by atoms with E-state index in [0.29, 0.717) is 102 Å². The van der Waals surface area contributed by atoms with Gasteiger partial charge in [-0.05, 0) is 62.7 Å². The zero-order valence-corrected chi connectivity index (χ0v) is 30.7. The molecule has 1 aromatic heterocycles. The number of aliphatic hydroxyl groups excluding tert-OH is 1. The zero-order valence-electron chi connectivity index (χ0n) is 29.1. The number of aromatic nitrogens is 2. The molecule has 1 fully saturated rings. The van der Waals surface area contributed by atoms with Gasteiger partial charge in [0.05, 0.1) is 50.1 Å². The fourth-order valence-electron chi connectivity index (χ4n) is 5.92. The van der Waals surface area contributed by atoms with Crippen LogP contribution in [0.25, 0.3) is 10.9 Å². The first-order valence-electron chi connectivity index (χ1n) is 16.6. The van der Waals surface area contributed by atoms with Gasteiger partial charge < -0.3 is 39.0 Å². The van der Waals surface area contributed by atoms with E-state index in [-0.39, 0.29) is 22.9 Å². The summed E-state index contributed by atoms with van der Waals surface area (Å²) in [6.07, 6.45) is 1.14. The van der Waals surface area contributed by atoms with Crippen molar-refractivity contribution in [3.05, 3.63) is 76.8 Å². The maximum Gasteiger partial charge on any atom is 0.524 e. The predicted molar refractivity (Wildman–Crippen MR) is 192 cm³/mol. The summed E-state index contributed by atoms with van der Waals surface area (Å²) in [7, 11) is -3.34. The number of aliphatic hydroxyl groups is 1. The van der Waals surface area contributed by atoms with Gasteiger partial charge in [0.25, 0.3) is 0 Å². The maximum atomic E-state index is 13.7.